The van der Waals surface area contributed by atoms with Crippen molar-refractivity contribution < 1.29 is 4.74 Å². The van der Waals surface area contributed by atoms with Crippen molar-refractivity contribution in [2.75, 3.05) is 0 Å². The van der Waals surface area contributed by atoms with Gasteiger partial charge in [0.15, 0.2) is 0 Å². The fraction of sp³-hybridized carbons (Fsp3) is 0.333. The molecule has 0 spiro atoms. The van der Waals surface area contributed by atoms with Crippen LogP contribution in [0.3, 0.4) is 0 Å². The molecule has 0 saturated heterocycles. The number of hydrogen-bond acceptors (Lipinski definition) is 1. The van der Waals surface area contributed by atoms with Gasteiger partial charge < -0.3 is 4.74 Å². The van der Waals surface area contributed by atoms with Crippen LogP contribution in [0.5, 0.6) is 5.75 Å². The molecule has 1 aromatic carbocycles. The van der Waals surface area contributed by atoms with E-state index >= 15 is 0 Å². The van der Waals surface area contributed by atoms with E-state index < -0.39 is 0 Å². The minimum atomic E-state index is 0.976. The van der Waals surface area contributed by atoms with E-state index in [1.807, 2.05) is 19.9 Å². The highest BCUT2D eigenvalue weighted by molar-refractivity contribution is 5.40. The Kier molecular flexibility index (Phi) is 3.13. The van der Waals surface area contributed by atoms with E-state index in [-0.39, 0.29) is 0 Å². The van der Waals surface area contributed by atoms with Gasteiger partial charge in [0, 0.05) is 0 Å². The SMILES string of the molecule is CC(C)=COc1c(C)cccc1C. The molecule has 1 heteroatoms. The summed E-state index contributed by atoms with van der Waals surface area (Å²) in [4.78, 5) is 0. The second-order valence-corrected chi connectivity index (χ2v) is 3.53. The molecule has 0 aliphatic heterocycles. The Labute approximate surface area is 80.0 Å². The van der Waals surface area contributed by atoms with Crippen LogP contribution in [0.25, 0.3) is 0 Å². The van der Waals surface area contributed by atoms with Crippen LogP contribution in [0.15, 0.2) is 30.0 Å². The number of allylic oxidation sites excluding steroid dienone is 1. The van der Waals surface area contributed by atoms with Gasteiger partial charge in [0.05, 0.1) is 6.26 Å². The van der Waals surface area contributed by atoms with Gasteiger partial charge in [0.25, 0.3) is 0 Å². The molecular weight excluding hydrogens is 160 g/mol. The van der Waals surface area contributed by atoms with Crippen LogP contribution in [0.4, 0.5) is 0 Å². The smallest absolute Gasteiger partial charge is 0.132 e. The maximum Gasteiger partial charge on any atom is 0.132 e. The van der Waals surface area contributed by atoms with Crippen molar-refractivity contribution in [1.82, 2.24) is 0 Å². The Morgan fingerprint density at radius 2 is 1.69 bits per heavy atom. The van der Waals surface area contributed by atoms with Crippen molar-refractivity contribution in [1.29, 1.82) is 0 Å². The Balaban J connectivity index is 2.94. The van der Waals surface area contributed by atoms with Crippen molar-refractivity contribution in [2.45, 2.75) is 27.7 Å². The molecule has 0 atom stereocenters. The first-order valence-corrected chi connectivity index (χ1v) is 4.47. The number of hydrogen-bond donors (Lipinski definition) is 0. The van der Waals surface area contributed by atoms with Crippen LogP contribution in [0.2, 0.25) is 0 Å². The van der Waals surface area contributed by atoms with Crippen LogP contribution < -0.4 is 4.74 Å². The van der Waals surface area contributed by atoms with E-state index in [0.29, 0.717) is 0 Å². The normalized spacial score (nSPS) is 9.54. The first kappa shape index (κ1) is 9.85. The van der Waals surface area contributed by atoms with Crippen molar-refractivity contribution >= 4 is 0 Å². The second-order valence-electron chi connectivity index (χ2n) is 3.53. The summed E-state index contributed by atoms with van der Waals surface area (Å²) in [6.45, 7) is 8.16. The minimum absolute atomic E-state index is 0.976. The van der Waals surface area contributed by atoms with Gasteiger partial charge in [0.2, 0.25) is 0 Å². The van der Waals surface area contributed by atoms with E-state index in [1.165, 1.54) is 16.7 Å². The maximum absolute atomic E-state index is 5.57. The maximum atomic E-state index is 5.57. The van der Waals surface area contributed by atoms with Crippen molar-refractivity contribution in [3.05, 3.63) is 41.2 Å². The molecule has 1 rings (SSSR count). The van der Waals surface area contributed by atoms with Crippen LogP contribution in [-0.2, 0) is 0 Å². The number of rotatable bonds is 2. The molecule has 70 valence electrons. The van der Waals surface area contributed by atoms with E-state index in [0.717, 1.165) is 5.75 Å². The van der Waals surface area contributed by atoms with Gasteiger partial charge in [-0.2, -0.15) is 0 Å². The van der Waals surface area contributed by atoms with Gasteiger partial charge in [-0.1, -0.05) is 18.2 Å². The fourth-order valence-electron chi connectivity index (χ4n) is 1.16. The molecule has 0 saturated carbocycles. The largest absolute Gasteiger partial charge is 0.465 e. The highest BCUT2D eigenvalue weighted by atomic mass is 16.5. The molecule has 0 amide bonds. The highest BCUT2D eigenvalue weighted by Gasteiger charge is 2.00. The zero-order valence-corrected chi connectivity index (χ0v) is 8.72. The monoisotopic (exact) mass is 176 g/mol. The lowest BCUT2D eigenvalue weighted by molar-refractivity contribution is 0.468. The minimum Gasteiger partial charge on any atom is -0.465 e. The zero-order valence-electron chi connectivity index (χ0n) is 8.72. The summed E-state index contributed by atoms with van der Waals surface area (Å²) in [5, 5.41) is 0. The van der Waals surface area contributed by atoms with Crippen molar-refractivity contribution in [3.8, 4) is 5.75 Å². The molecule has 1 nitrogen and oxygen atoms in total. The molecule has 0 heterocycles. The quantitative estimate of drug-likeness (QED) is 0.625. The third kappa shape index (κ3) is 2.62. The van der Waals surface area contributed by atoms with Crippen LogP contribution in [0.1, 0.15) is 25.0 Å². The van der Waals surface area contributed by atoms with E-state index in [1.54, 1.807) is 6.26 Å². The summed E-state index contributed by atoms with van der Waals surface area (Å²) in [6.07, 6.45) is 1.79. The topological polar surface area (TPSA) is 9.23 Å². The third-order valence-electron chi connectivity index (χ3n) is 1.82. The molecule has 0 aromatic heterocycles. The standard InChI is InChI=1S/C12H16O/c1-9(2)8-13-12-10(3)6-5-7-11(12)4/h5-8H,1-4H3. The first-order valence-electron chi connectivity index (χ1n) is 4.47. The second kappa shape index (κ2) is 4.13. The summed E-state index contributed by atoms with van der Waals surface area (Å²) in [7, 11) is 0. The summed E-state index contributed by atoms with van der Waals surface area (Å²) in [5.74, 6) is 0.976. The van der Waals surface area contributed by atoms with Gasteiger partial charge in [-0.3, -0.25) is 0 Å². The zero-order chi connectivity index (χ0) is 9.84. The number of benzene rings is 1. The van der Waals surface area contributed by atoms with E-state index in [9.17, 15) is 0 Å². The Bertz CT molecular complexity index is 300. The average molecular weight is 176 g/mol. The molecule has 0 aliphatic carbocycles. The van der Waals surface area contributed by atoms with Crippen LogP contribution in [0, 0.1) is 13.8 Å². The summed E-state index contributed by atoms with van der Waals surface area (Å²) >= 11 is 0. The first-order chi connectivity index (χ1) is 6.11. The van der Waals surface area contributed by atoms with Crippen LogP contribution >= 0.6 is 0 Å². The molecule has 0 fully saturated rings. The Hall–Kier alpha value is -1.24. The van der Waals surface area contributed by atoms with Crippen molar-refractivity contribution in [2.24, 2.45) is 0 Å². The number of ether oxygens (including phenoxy) is 1. The molecule has 0 radical (unpaired) electrons. The van der Waals surface area contributed by atoms with Gasteiger partial charge in [-0.05, 0) is 44.4 Å². The predicted molar refractivity (Wildman–Crippen MR) is 56.0 cm³/mol. The predicted octanol–water partition coefficient (Wildman–Crippen LogP) is 3.61. The molecule has 1 aromatic rings. The summed E-state index contributed by atoms with van der Waals surface area (Å²) in [6, 6.07) is 6.16. The van der Waals surface area contributed by atoms with Crippen LogP contribution in [-0.4, -0.2) is 0 Å². The molecular formula is C12H16O. The van der Waals surface area contributed by atoms with Gasteiger partial charge >= 0.3 is 0 Å². The van der Waals surface area contributed by atoms with Gasteiger partial charge in [-0.15, -0.1) is 0 Å². The Morgan fingerprint density at radius 1 is 1.15 bits per heavy atom. The lowest BCUT2D eigenvalue weighted by Gasteiger charge is -2.07. The average Bonchev–Trinajstić information content (AvgIpc) is 2.03. The Morgan fingerprint density at radius 3 is 2.15 bits per heavy atom. The lowest BCUT2D eigenvalue weighted by atomic mass is 10.1. The molecule has 0 N–H and O–H groups in total. The fourth-order valence-corrected chi connectivity index (χ4v) is 1.16. The lowest BCUT2D eigenvalue weighted by Crippen LogP contribution is -1.90. The summed E-state index contributed by atoms with van der Waals surface area (Å²) < 4.78 is 5.57. The molecule has 0 aliphatic rings. The molecule has 0 unspecified atom stereocenters. The van der Waals surface area contributed by atoms with E-state index in [2.05, 4.69) is 26.0 Å². The third-order valence-corrected chi connectivity index (χ3v) is 1.82. The van der Waals surface area contributed by atoms with E-state index in [4.69, 9.17) is 4.74 Å². The van der Waals surface area contributed by atoms with Crippen molar-refractivity contribution in [3.63, 3.8) is 0 Å². The highest BCUT2D eigenvalue weighted by Crippen LogP contribution is 2.22. The van der Waals surface area contributed by atoms with Gasteiger partial charge in [-0.25, -0.2) is 0 Å². The number of para-hydroxylation sites is 1. The number of aryl methyl sites for hydroxylation is 2. The molecule has 13 heavy (non-hydrogen) atoms. The van der Waals surface area contributed by atoms with Gasteiger partial charge in [0.1, 0.15) is 5.75 Å². The summed E-state index contributed by atoms with van der Waals surface area (Å²) in [5.41, 5.74) is 3.53. The molecule has 0 bridgehead atoms.